The van der Waals surface area contributed by atoms with E-state index in [0.29, 0.717) is 13.1 Å². The molecular weight excluding hydrogens is 184 g/mol. The second kappa shape index (κ2) is 3.69. The second-order valence-electron chi connectivity index (χ2n) is 3.01. The molecule has 1 aromatic rings. The third kappa shape index (κ3) is 1.34. The summed E-state index contributed by atoms with van der Waals surface area (Å²) in [6.07, 6.45) is 0. The largest absolute Gasteiger partial charge is 0.860 e. The number of nitrogens with zero attached hydrogens (tertiary/aromatic N) is 2. The summed E-state index contributed by atoms with van der Waals surface area (Å²) in [5.41, 5.74) is -0.892. The molecule has 0 aliphatic carbocycles. The summed E-state index contributed by atoms with van der Waals surface area (Å²) in [6.45, 7) is 5.43. The zero-order valence-electron chi connectivity index (χ0n) is 8.53. The fraction of sp³-hybridized carbons (Fsp3) is 0.556. The first-order valence-electron chi connectivity index (χ1n) is 4.55. The zero-order chi connectivity index (χ0) is 10.9. The molecule has 0 atom stereocenters. The summed E-state index contributed by atoms with van der Waals surface area (Å²) in [4.78, 5) is 23.0. The summed E-state index contributed by atoms with van der Waals surface area (Å²) in [5.74, 6) is -0.479. The lowest BCUT2D eigenvalue weighted by Crippen LogP contribution is -2.41. The lowest BCUT2D eigenvalue weighted by molar-refractivity contribution is -0.281. The Labute approximate surface area is 81.2 Å². The molecule has 0 amide bonds. The summed E-state index contributed by atoms with van der Waals surface area (Å²) >= 11 is 0. The van der Waals surface area contributed by atoms with E-state index in [0.717, 1.165) is 9.13 Å². The first kappa shape index (κ1) is 10.6. The maximum absolute atomic E-state index is 11.6. The predicted molar refractivity (Wildman–Crippen MR) is 50.5 cm³/mol. The van der Waals surface area contributed by atoms with Crippen molar-refractivity contribution < 1.29 is 5.11 Å². The van der Waals surface area contributed by atoms with Crippen molar-refractivity contribution in [1.82, 2.24) is 9.13 Å². The van der Waals surface area contributed by atoms with Crippen LogP contribution in [0.5, 0.6) is 5.88 Å². The van der Waals surface area contributed by atoms with Crippen LogP contribution in [0.15, 0.2) is 9.59 Å². The van der Waals surface area contributed by atoms with Gasteiger partial charge in [-0.25, -0.2) is 4.79 Å². The Morgan fingerprint density at radius 3 is 2.07 bits per heavy atom. The van der Waals surface area contributed by atoms with Crippen LogP contribution in [0.2, 0.25) is 0 Å². The van der Waals surface area contributed by atoms with Gasteiger partial charge in [-0.15, -0.1) is 0 Å². The van der Waals surface area contributed by atoms with Crippen LogP contribution >= 0.6 is 0 Å². The molecule has 0 bridgehead atoms. The van der Waals surface area contributed by atoms with Crippen LogP contribution in [0, 0.1) is 6.92 Å². The van der Waals surface area contributed by atoms with E-state index in [4.69, 9.17) is 0 Å². The Balaban J connectivity index is 3.74. The molecule has 0 aliphatic rings. The molecule has 5 heteroatoms. The van der Waals surface area contributed by atoms with Crippen molar-refractivity contribution in [2.45, 2.75) is 33.9 Å². The van der Waals surface area contributed by atoms with Crippen LogP contribution in [-0.4, -0.2) is 9.13 Å². The predicted octanol–water partition coefficient (Wildman–Crippen LogP) is -0.568. The quantitative estimate of drug-likeness (QED) is 0.637. The van der Waals surface area contributed by atoms with E-state index < -0.39 is 17.1 Å². The molecule has 78 valence electrons. The lowest BCUT2D eigenvalue weighted by atomic mass is 10.3. The Morgan fingerprint density at radius 2 is 1.64 bits per heavy atom. The molecule has 0 radical (unpaired) electrons. The standard InChI is InChI=1S/C9H14N2O3/c1-4-10-7(12)6(3)8(13)11(5-2)9(10)14/h12H,4-5H2,1-3H3/p-1. The molecule has 0 aromatic carbocycles. The normalized spacial score (nSPS) is 10.5. The zero-order valence-corrected chi connectivity index (χ0v) is 8.53. The molecular formula is C9H13N2O3-. The maximum Gasteiger partial charge on any atom is 0.330 e. The average molecular weight is 197 g/mol. The lowest BCUT2D eigenvalue weighted by Gasteiger charge is -2.18. The molecule has 0 fully saturated rings. The summed E-state index contributed by atoms with van der Waals surface area (Å²) in [5, 5.41) is 11.5. The van der Waals surface area contributed by atoms with E-state index in [1.165, 1.54) is 6.92 Å². The van der Waals surface area contributed by atoms with Gasteiger partial charge in [0.1, 0.15) is 0 Å². The first-order valence-corrected chi connectivity index (χ1v) is 4.55. The molecule has 0 aliphatic heterocycles. The van der Waals surface area contributed by atoms with Crippen LogP contribution in [0.3, 0.4) is 0 Å². The molecule has 1 heterocycles. The van der Waals surface area contributed by atoms with Gasteiger partial charge >= 0.3 is 5.69 Å². The molecule has 0 spiro atoms. The van der Waals surface area contributed by atoms with Gasteiger partial charge in [0.2, 0.25) is 0 Å². The highest BCUT2D eigenvalue weighted by atomic mass is 16.3. The van der Waals surface area contributed by atoms with Gasteiger partial charge < -0.3 is 9.67 Å². The van der Waals surface area contributed by atoms with E-state index in [-0.39, 0.29) is 5.56 Å². The van der Waals surface area contributed by atoms with Crippen molar-refractivity contribution in [3.8, 4) is 5.88 Å². The topological polar surface area (TPSA) is 67.1 Å². The fourth-order valence-corrected chi connectivity index (χ4v) is 1.37. The van der Waals surface area contributed by atoms with Gasteiger partial charge in [-0.05, 0) is 26.7 Å². The molecule has 14 heavy (non-hydrogen) atoms. The highest BCUT2D eigenvalue weighted by Crippen LogP contribution is 2.03. The van der Waals surface area contributed by atoms with Gasteiger partial charge in [0.25, 0.3) is 5.56 Å². The molecule has 0 N–H and O–H groups in total. The Hall–Kier alpha value is -1.52. The van der Waals surface area contributed by atoms with Crippen molar-refractivity contribution in [3.05, 3.63) is 26.4 Å². The van der Waals surface area contributed by atoms with E-state index >= 15 is 0 Å². The highest BCUT2D eigenvalue weighted by molar-refractivity contribution is 5.19. The Morgan fingerprint density at radius 1 is 1.14 bits per heavy atom. The maximum atomic E-state index is 11.6. The summed E-state index contributed by atoms with van der Waals surface area (Å²) in [6, 6.07) is 0. The van der Waals surface area contributed by atoms with Gasteiger partial charge in [-0.2, -0.15) is 0 Å². The van der Waals surface area contributed by atoms with Crippen LogP contribution in [0.25, 0.3) is 0 Å². The number of hydrogen-bond donors (Lipinski definition) is 0. The van der Waals surface area contributed by atoms with Crippen LogP contribution in [0.4, 0.5) is 0 Å². The molecule has 0 saturated carbocycles. The molecule has 1 aromatic heterocycles. The molecule has 1 rings (SSSR count). The summed E-state index contributed by atoms with van der Waals surface area (Å²) in [7, 11) is 0. The van der Waals surface area contributed by atoms with Gasteiger partial charge in [0.15, 0.2) is 0 Å². The molecule has 0 saturated heterocycles. The monoisotopic (exact) mass is 197 g/mol. The fourth-order valence-electron chi connectivity index (χ4n) is 1.37. The van der Waals surface area contributed by atoms with Crippen molar-refractivity contribution in [2.24, 2.45) is 0 Å². The van der Waals surface area contributed by atoms with E-state index in [1.807, 2.05) is 0 Å². The molecule has 5 nitrogen and oxygen atoms in total. The van der Waals surface area contributed by atoms with E-state index in [1.54, 1.807) is 13.8 Å². The highest BCUT2D eigenvalue weighted by Gasteiger charge is 2.07. The van der Waals surface area contributed by atoms with Crippen LogP contribution in [0.1, 0.15) is 19.4 Å². The van der Waals surface area contributed by atoms with Crippen molar-refractivity contribution >= 4 is 0 Å². The van der Waals surface area contributed by atoms with E-state index in [9.17, 15) is 14.7 Å². The van der Waals surface area contributed by atoms with E-state index in [2.05, 4.69) is 0 Å². The van der Waals surface area contributed by atoms with Crippen molar-refractivity contribution in [3.63, 3.8) is 0 Å². The second-order valence-corrected chi connectivity index (χ2v) is 3.01. The van der Waals surface area contributed by atoms with Gasteiger partial charge in [0.05, 0.1) is 0 Å². The summed E-state index contributed by atoms with van der Waals surface area (Å²) < 4.78 is 2.14. The third-order valence-electron chi connectivity index (χ3n) is 2.23. The Bertz CT molecular complexity index is 456. The smallest absolute Gasteiger partial charge is 0.330 e. The van der Waals surface area contributed by atoms with Crippen molar-refractivity contribution in [1.29, 1.82) is 0 Å². The van der Waals surface area contributed by atoms with Gasteiger partial charge in [-0.3, -0.25) is 9.36 Å². The number of rotatable bonds is 2. The average Bonchev–Trinajstić information content (AvgIpc) is 2.16. The minimum atomic E-state index is -0.518. The van der Waals surface area contributed by atoms with Gasteiger partial charge in [-0.1, -0.05) is 0 Å². The minimum absolute atomic E-state index is 0.105. The SMILES string of the molecule is CCn1c([O-])c(C)c(=O)n(CC)c1=O. The Kier molecular flexibility index (Phi) is 2.78. The third-order valence-corrected chi connectivity index (χ3v) is 2.23. The van der Waals surface area contributed by atoms with Crippen molar-refractivity contribution in [2.75, 3.05) is 0 Å². The number of aromatic nitrogens is 2. The first-order chi connectivity index (χ1) is 6.54. The van der Waals surface area contributed by atoms with Gasteiger partial charge in [0, 0.05) is 18.7 Å². The number of hydrogen-bond acceptors (Lipinski definition) is 3. The minimum Gasteiger partial charge on any atom is -0.860 e. The van der Waals surface area contributed by atoms with Crippen LogP contribution < -0.4 is 16.4 Å². The van der Waals surface area contributed by atoms with Crippen LogP contribution in [-0.2, 0) is 13.1 Å². The molecule has 0 unspecified atom stereocenters.